The van der Waals surface area contributed by atoms with E-state index in [0.717, 1.165) is 83.9 Å². The van der Waals surface area contributed by atoms with Crippen LogP contribution >= 0.6 is 0 Å². The molecule has 1 spiro atoms. The minimum Gasteiger partial charge on any atom is -0.456 e. The first-order valence-corrected chi connectivity index (χ1v) is 24.1. The molecule has 0 bridgehead atoms. The van der Waals surface area contributed by atoms with Crippen molar-refractivity contribution in [3.05, 3.63) is 271 Å². The first-order chi connectivity index (χ1) is 34.7. The van der Waals surface area contributed by atoms with Crippen molar-refractivity contribution >= 4 is 39.0 Å². The molecule has 15 rings (SSSR count). The standard InChI is InChI=1S/C67H41NO2/c1-2-18-42(19-3-1)45-20-8-14-30-62(45)68(43-34-36-48-51-25-9-15-31-63(51)69-64-32-16-10-26-52(64)54(48)38-43)44-35-37-60-55(39-44)47-22-5-4-21-46(47)49-23-6-12-28-58(49)67(60)59-29-13-7-24-50(59)56-41-66-57(40-61(56)67)53-27-11-17-33-65(53)70-66/h1-41H. The molecule has 3 aliphatic rings. The van der Waals surface area contributed by atoms with E-state index in [9.17, 15) is 0 Å². The summed E-state index contributed by atoms with van der Waals surface area (Å²) in [5, 5.41) is 2.25. The van der Waals surface area contributed by atoms with Crippen LogP contribution in [0.15, 0.2) is 253 Å². The van der Waals surface area contributed by atoms with Gasteiger partial charge in [-0.05, 0) is 133 Å². The molecule has 0 saturated heterocycles. The highest BCUT2D eigenvalue weighted by atomic mass is 16.5. The van der Waals surface area contributed by atoms with Gasteiger partial charge in [0.1, 0.15) is 22.7 Å². The Labute approximate surface area is 405 Å². The Kier molecular flexibility index (Phi) is 8.28. The van der Waals surface area contributed by atoms with E-state index < -0.39 is 5.41 Å². The summed E-state index contributed by atoms with van der Waals surface area (Å²) in [6, 6.07) is 90.9. The first kappa shape index (κ1) is 38.9. The third-order valence-electron chi connectivity index (χ3n) is 15.1. The maximum absolute atomic E-state index is 6.68. The summed E-state index contributed by atoms with van der Waals surface area (Å²) in [6.45, 7) is 0. The lowest BCUT2D eigenvalue weighted by atomic mass is 9.65. The average Bonchev–Trinajstić information content (AvgIpc) is 3.85. The molecule has 12 aromatic rings. The summed E-state index contributed by atoms with van der Waals surface area (Å²) in [6.07, 6.45) is 0. The molecular formula is C67H41NO2. The van der Waals surface area contributed by atoms with Crippen LogP contribution in [0.25, 0.3) is 88.7 Å². The van der Waals surface area contributed by atoms with E-state index in [1.165, 1.54) is 55.6 Å². The minimum atomic E-state index is -0.671. The molecule has 0 amide bonds. The van der Waals surface area contributed by atoms with Crippen LogP contribution in [0.3, 0.4) is 0 Å². The zero-order chi connectivity index (χ0) is 45.9. The van der Waals surface area contributed by atoms with Crippen LogP contribution in [0.2, 0.25) is 0 Å². The number of anilines is 3. The monoisotopic (exact) mass is 891 g/mol. The molecule has 0 fully saturated rings. The smallest absolute Gasteiger partial charge is 0.136 e. The van der Waals surface area contributed by atoms with Gasteiger partial charge in [0.25, 0.3) is 0 Å². The zero-order valence-electron chi connectivity index (χ0n) is 37.9. The molecule has 1 atom stereocenters. The Bertz CT molecular complexity index is 4130. The Balaban J connectivity index is 1.04. The van der Waals surface area contributed by atoms with Crippen molar-refractivity contribution in [3.63, 3.8) is 0 Å². The lowest BCUT2D eigenvalue weighted by Crippen LogP contribution is -2.29. The van der Waals surface area contributed by atoms with Gasteiger partial charge in [-0.15, -0.1) is 0 Å². The molecule has 2 heterocycles. The largest absolute Gasteiger partial charge is 0.456 e. The van der Waals surface area contributed by atoms with Gasteiger partial charge in [0, 0.05) is 38.8 Å². The van der Waals surface area contributed by atoms with Crippen molar-refractivity contribution in [2.24, 2.45) is 0 Å². The number of fused-ring (bicyclic) bond motifs is 20. The second-order valence-electron chi connectivity index (χ2n) is 18.7. The average molecular weight is 892 g/mol. The normalized spacial score (nSPS) is 14.5. The van der Waals surface area contributed by atoms with E-state index in [0.29, 0.717) is 0 Å². The molecule has 1 aliphatic heterocycles. The van der Waals surface area contributed by atoms with E-state index in [4.69, 9.17) is 9.15 Å². The molecule has 11 aromatic carbocycles. The van der Waals surface area contributed by atoms with Gasteiger partial charge in [-0.25, -0.2) is 0 Å². The number of benzene rings is 11. The Morgan fingerprint density at radius 1 is 0.286 bits per heavy atom. The van der Waals surface area contributed by atoms with E-state index in [-0.39, 0.29) is 0 Å². The van der Waals surface area contributed by atoms with Crippen LogP contribution in [0.1, 0.15) is 22.3 Å². The van der Waals surface area contributed by atoms with Gasteiger partial charge in [0.2, 0.25) is 0 Å². The second kappa shape index (κ2) is 14.9. The number of ether oxygens (including phenoxy) is 1. The molecule has 3 heteroatoms. The third-order valence-corrected chi connectivity index (χ3v) is 15.1. The number of rotatable bonds is 4. The number of furan rings is 1. The van der Waals surface area contributed by atoms with E-state index in [1.807, 2.05) is 6.07 Å². The fourth-order valence-corrected chi connectivity index (χ4v) is 12.2. The predicted octanol–water partition coefficient (Wildman–Crippen LogP) is 18.2. The summed E-state index contributed by atoms with van der Waals surface area (Å²) in [5.74, 6) is 1.69. The van der Waals surface area contributed by atoms with E-state index in [1.54, 1.807) is 0 Å². The van der Waals surface area contributed by atoms with Gasteiger partial charge in [0.05, 0.1) is 11.1 Å². The van der Waals surface area contributed by atoms with E-state index >= 15 is 0 Å². The minimum absolute atomic E-state index is 0.671. The summed E-state index contributed by atoms with van der Waals surface area (Å²) in [7, 11) is 0. The number of hydrogen-bond acceptors (Lipinski definition) is 3. The fourth-order valence-electron chi connectivity index (χ4n) is 12.2. The highest BCUT2D eigenvalue weighted by molar-refractivity contribution is 6.09. The highest BCUT2D eigenvalue weighted by Gasteiger charge is 2.50. The SMILES string of the molecule is c1ccc(-c2ccccc2N(c2ccc3c(c2)-c2ccccc2Oc2ccccc2-3)c2ccc3c(c2)-c2ccccc2-c2ccccc2C32c3ccccc3-c3cc4oc5ccccc5c4cc32)cc1. The fraction of sp³-hybridized carbons (Fsp3) is 0.0149. The molecule has 1 unspecified atom stereocenters. The Morgan fingerprint density at radius 3 is 1.53 bits per heavy atom. The Morgan fingerprint density at radius 2 is 0.786 bits per heavy atom. The van der Waals surface area contributed by atoms with Gasteiger partial charge in [-0.1, -0.05) is 188 Å². The molecule has 0 radical (unpaired) electrons. The second-order valence-corrected chi connectivity index (χ2v) is 18.7. The summed E-state index contributed by atoms with van der Waals surface area (Å²) < 4.78 is 13.3. The lowest BCUT2D eigenvalue weighted by molar-refractivity contribution is 0.488. The van der Waals surface area contributed by atoms with Crippen molar-refractivity contribution in [1.29, 1.82) is 0 Å². The van der Waals surface area contributed by atoms with Gasteiger partial charge in [-0.3, -0.25) is 0 Å². The van der Waals surface area contributed by atoms with Gasteiger partial charge >= 0.3 is 0 Å². The van der Waals surface area contributed by atoms with Crippen LogP contribution in [0.4, 0.5) is 17.1 Å². The lowest BCUT2D eigenvalue weighted by Gasteiger charge is -2.36. The first-order valence-electron chi connectivity index (χ1n) is 24.1. The topological polar surface area (TPSA) is 25.6 Å². The molecule has 1 aromatic heterocycles. The maximum Gasteiger partial charge on any atom is 0.136 e. The maximum atomic E-state index is 6.68. The van der Waals surface area contributed by atoms with Crippen molar-refractivity contribution in [3.8, 4) is 78.3 Å². The molecule has 70 heavy (non-hydrogen) atoms. The summed E-state index contributed by atoms with van der Waals surface area (Å²) in [5.41, 5.74) is 23.3. The van der Waals surface area contributed by atoms with Crippen LogP contribution < -0.4 is 9.64 Å². The van der Waals surface area contributed by atoms with Crippen LogP contribution in [0.5, 0.6) is 11.5 Å². The predicted molar refractivity (Wildman–Crippen MR) is 287 cm³/mol. The number of hydrogen-bond donors (Lipinski definition) is 0. The van der Waals surface area contributed by atoms with Gasteiger partial charge < -0.3 is 14.1 Å². The number of para-hydroxylation sites is 4. The highest BCUT2D eigenvalue weighted by Crippen LogP contribution is 2.63. The van der Waals surface area contributed by atoms with Crippen molar-refractivity contribution in [2.75, 3.05) is 4.90 Å². The van der Waals surface area contributed by atoms with Crippen LogP contribution in [-0.4, -0.2) is 0 Å². The summed E-state index contributed by atoms with van der Waals surface area (Å²) in [4.78, 5) is 2.47. The van der Waals surface area contributed by atoms with Gasteiger partial charge in [0.15, 0.2) is 0 Å². The van der Waals surface area contributed by atoms with Crippen molar-refractivity contribution in [2.45, 2.75) is 5.41 Å². The molecule has 0 saturated carbocycles. The third kappa shape index (κ3) is 5.46. The zero-order valence-corrected chi connectivity index (χ0v) is 37.9. The molecular weight excluding hydrogens is 851 g/mol. The molecule has 3 nitrogen and oxygen atoms in total. The van der Waals surface area contributed by atoms with Crippen LogP contribution in [0, 0.1) is 0 Å². The van der Waals surface area contributed by atoms with Crippen LogP contribution in [-0.2, 0) is 5.41 Å². The van der Waals surface area contributed by atoms with E-state index in [2.05, 4.69) is 248 Å². The Hall–Kier alpha value is -9.18. The molecule has 0 N–H and O–H groups in total. The summed E-state index contributed by atoms with van der Waals surface area (Å²) >= 11 is 0. The quantitative estimate of drug-likeness (QED) is 0.176. The van der Waals surface area contributed by atoms with Crippen molar-refractivity contribution < 1.29 is 9.15 Å². The molecule has 326 valence electrons. The molecule has 2 aliphatic carbocycles. The van der Waals surface area contributed by atoms with Crippen molar-refractivity contribution in [1.82, 2.24) is 0 Å². The number of nitrogens with zero attached hydrogens (tertiary/aromatic N) is 1. The van der Waals surface area contributed by atoms with Gasteiger partial charge in [-0.2, -0.15) is 0 Å².